The molecule has 0 unspecified atom stereocenters. The summed E-state index contributed by atoms with van der Waals surface area (Å²) in [6.07, 6.45) is 2.28. The zero-order valence-electron chi connectivity index (χ0n) is 10.9. The lowest BCUT2D eigenvalue weighted by atomic mass is 10.2. The Bertz CT molecular complexity index is 592. The summed E-state index contributed by atoms with van der Waals surface area (Å²) in [6.45, 7) is 3.02. The molecule has 0 saturated heterocycles. The molecule has 2 aromatic rings. The van der Waals surface area contributed by atoms with Gasteiger partial charge in [0.25, 0.3) is 0 Å². The smallest absolute Gasteiger partial charge is 0.233 e. The monoisotopic (exact) mass is 323 g/mol. The van der Waals surface area contributed by atoms with Gasteiger partial charge in [0.15, 0.2) is 0 Å². The predicted octanol–water partition coefficient (Wildman–Crippen LogP) is 2.87. The summed E-state index contributed by atoms with van der Waals surface area (Å²) in [5.74, 6) is 4.95. The van der Waals surface area contributed by atoms with Crippen LogP contribution in [0.4, 0.5) is 0 Å². The van der Waals surface area contributed by atoms with Crippen LogP contribution in [0.15, 0.2) is 28.7 Å². The van der Waals surface area contributed by atoms with E-state index in [9.17, 15) is 4.79 Å². The number of nitrogens with one attached hydrogen (secondary N) is 1. The van der Waals surface area contributed by atoms with Gasteiger partial charge in [-0.05, 0) is 41.8 Å². The normalized spacial score (nSPS) is 10.9. The van der Waals surface area contributed by atoms with Crippen LogP contribution in [-0.2, 0) is 11.3 Å². The lowest BCUT2D eigenvalue weighted by Gasteiger charge is -2.08. The van der Waals surface area contributed by atoms with Crippen molar-refractivity contribution in [2.75, 3.05) is 0 Å². The Morgan fingerprint density at radius 3 is 2.84 bits per heavy atom. The molecular weight excluding hydrogens is 306 g/mol. The average molecular weight is 324 g/mol. The molecule has 0 fully saturated rings. The number of carbonyl (C=O) groups is 1. The van der Waals surface area contributed by atoms with Crippen LogP contribution < -0.4 is 11.3 Å². The van der Waals surface area contributed by atoms with Gasteiger partial charge < -0.3 is 4.57 Å². The lowest BCUT2D eigenvalue weighted by Crippen LogP contribution is -2.29. The van der Waals surface area contributed by atoms with E-state index < -0.39 is 0 Å². The molecule has 5 heteroatoms. The fraction of sp³-hybridized carbons (Fsp3) is 0.357. The van der Waals surface area contributed by atoms with Crippen molar-refractivity contribution in [3.8, 4) is 0 Å². The number of benzene rings is 1. The van der Waals surface area contributed by atoms with Crippen LogP contribution in [0.3, 0.4) is 0 Å². The molecule has 3 N–H and O–H groups in total. The molecular formula is C14H18BrN3O. The maximum Gasteiger partial charge on any atom is 0.233 e. The van der Waals surface area contributed by atoms with Gasteiger partial charge in [-0.2, -0.15) is 0 Å². The highest BCUT2D eigenvalue weighted by molar-refractivity contribution is 9.10. The molecule has 2 rings (SSSR count). The molecule has 0 saturated carbocycles. The first-order valence-electron chi connectivity index (χ1n) is 6.38. The van der Waals surface area contributed by atoms with Crippen LogP contribution in [0.25, 0.3) is 10.9 Å². The van der Waals surface area contributed by atoms with Crippen molar-refractivity contribution in [1.29, 1.82) is 0 Å². The highest BCUT2D eigenvalue weighted by Crippen LogP contribution is 2.30. The third-order valence-electron chi connectivity index (χ3n) is 3.35. The van der Waals surface area contributed by atoms with Crippen LogP contribution in [0.1, 0.15) is 25.0 Å². The molecule has 0 radical (unpaired) electrons. The first-order valence-corrected chi connectivity index (χ1v) is 7.17. The summed E-state index contributed by atoms with van der Waals surface area (Å²) in [7, 11) is 0. The first kappa shape index (κ1) is 14.1. The van der Waals surface area contributed by atoms with Crippen LogP contribution in [0, 0.1) is 6.92 Å². The van der Waals surface area contributed by atoms with E-state index in [-0.39, 0.29) is 5.91 Å². The number of halogens is 1. The molecule has 0 aliphatic heterocycles. The Morgan fingerprint density at radius 1 is 1.37 bits per heavy atom. The minimum Gasteiger partial charge on any atom is -0.344 e. The van der Waals surface area contributed by atoms with Crippen molar-refractivity contribution in [3.63, 3.8) is 0 Å². The van der Waals surface area contributed by atoms with Gasteiger partial charge in [-0.3, -0.25) is 10.2 Å². The predicted molar refractivity (Wildman–Crippen MR) is 80.6 cm³/mol. The quantitative estimate of drug-likeness (QED) is 0.384. The molecule has 102 valence electrons. The van der Waals surface area contributed by atoms with Gasteiger partial charge in [0.2, 0.25) is 5.91 Å². The molecule has 0 spiro atoms. The Hall–Kier alpha value is -1.33. The Balaban J connectivity index is 2.08. The van der Waals surface area contributed by atoms with Gasteiger partial charge in [0.1, 0.15) is 0 Å². The standard InChI is InChI=1S/C14H18BrN3O/c1-10-14(15)11-6-2-3-7-12(11)18(10)9-5-4-8-13(19)17-16/h2-3,6-7H,4-5,8-9,16H2,1H3,(H,17,19). The topological polar surface area (TPSA) is 60.0 Å². The molecule has 1 amide bonds. The number of hydrazine groups is 1. The number of carbonyl (C=O) groups excluding carboxylic acids is 1. The van der Waals surface area contributed by atoms with Gasteiger partial charge in [0.05, 0.1) is 0 Å². The van der Waals surface area contributed by atoms with Crippen molar-refractivity contribution < 1.29 is 4.79 Å². The molecule has 4 nitrogen and oxygen atoms in total. The van der Waals surface area contributed by atoms with Crippen molar-refractivity contribution in [1.82, 2.24) is 9.99 Å². The van der Waals surface area contributed by atoms with Gasteiger partial charge in [-0.1, -0.05) is 18.2 Å². The SMILES string of the molecule is Cc1c(Br)c2ccccc2n1CCCCC(=O)NN. The summed E-state index contributed by atoms with van der Waals surface area (Å²) in [4.78, 5) is 11.1. The highest BCUT2D eigenvalue weighted by atomic mass is 79.9. The molecule has 1 heterocycles. The number of hydrogen-bond acceptors (Lipinski definition) is 2. The van der Waals surface area contributed by atoms with Crippen molar-refractivity contribution in [3.05, 3.63) is 34.4 Å². The molecule has 0 aliphatic carbocycles. The molecule has 0 aliphatic rings. The number of fused-ring (bicyclic) bond motifs is 1. The van der Waals surface area contributed by atoms with E-state index in [2.05, 4.69) is 45.0 Å². The number of aryl methyl sites for hydroxylation is 1. The number of hydrogen-bond donors (Lipinski definition) is 2. The van der Waals surface area contributed by atoms with E-state index in [1.54, 1.807) is 0 Å². The van der Waals surface area contributed by atoms with Crippen LogP contribution >= 0.6 is 15.9 Å². The largest absolute Gasteiger partial charge is 0.344 e. The fourth-order valence-electron chi connectivity index (χ4n) is 2.30. The number of nitrogens with two attached hydrogens (primary N) is 1. The Kier molecular flexibility index (Phi) is 4.61. The van der Waals surface area contributed by atoms with Gasteiger partial charge in [-0.25, -0.2) is 5.84 Å². The fourth-order valence-corrected chi connectivity index (χ4v) is 2.85. The number of rotatable bonds is 5. The zero-order chi connectivity index (χ0) is 13.8. The molecule has 1 aromatic heterocycles. The summed E-state index contributed by atoms with van der Waals surface area (Å²) in [6, 6.07) is 8.33. The van der Waals surface area contributed by atoms with Crippen LogP contribution in [-0.4, -0.2) is 10.5 Å². The second-order valence-corrected chi connectivity index (χ2v) is 5.39. The minimum atomic E-state index is -0.102. The number of para-hydroxylation sites is 1. The number of unbranched alkanes of at least 4 members (excludes halogenated alkanes) is 1. The molecule has 1 aromatic carbocycles. The number of nitrogens with zero attached hydrogens (tertiary/aromatic N) is 1. The molecule has 0 atom stereocenters. The Morgan fingerprint density at radius 2 is 2.11 bits per heavy atom. The summed E-state index contributed by atoms with van der Waals surface area (Å²) in [5.41, 5.74) is 4.61. The van der Waals surface area contributed by atoms with Gasteiger partial charge in [-0.15, -0.1) is 0 Å². The summed E-state index contributed by atoms with van der Waals surface area (Å²) in [5, 5.41) is 1.24. The second-order valence-electron chi connectivity index (χ2n) is 4.59. The highest BCUT2D eigenvalue weighted by Gasteiger charge is 2.10. The van der Waals surface area contributed by atoms with E-state index >= 15 is 0 Å². The maximum absolute atomic E-state index is 11.1. The average Bonchev–Trinajstić information content (AvgIpc) is 2.68. The third kappa shape index (κ3) is 2.98. The number of amides is 1. The summed E-state index contributed by atoms with van der Waals surface area (Å²) < 4.78 is 3.45. The molecule has 19 heavy (non-hydrogen) atoms. The van der Waals surface area contributed by atoms with Crippen molar-refractivity contribution >= 4 is 32.7 Å². The Labute approximate surface area is 121 Å². The minimum absolute atomic E-state index is 0.102. The van der Waals surface area contributed by atoms with Gasteiger partial charge >= 0.3 is 0 Å². The maximum atomic E-state index is 11.1. The zero-order valence-corrected chi connectivity index (χ0v) is 12.5. The van der Waals surface area contributed by atoms with E-state index in [0.717, 1.165) is 23.9 Å². The van der Waals surface area contributed by atoms with Crippen LogP contribution in [0.2, 0.25) is 0 Å². The first-order chi connectivity index (χ1) is 9.15. The molecule has 0 bridgehead atoms. The van der Waals surface area contributed by atoms with Crippen molar-refractivity contribution in [2.45, 2.75) is 32.7 Å². The third-order valence-corrected chi connectivity index (χ3v) is 4.35. The van der Waals surface area contributed by atoms with E-state index in [1.165, 1.54) is 16.6 Å². The van der Waals surface area contributed by atoms with Crippen LogP contribution in [0.5, 0.6) is 0 Å². The summed E-state index contributed by atoms with van der Waals surface area (Å²) >= 11 is 3.64. The van der Waals surface area contributed by atoms with E-state index in [4.69, 9.17) is 5.84 Å². The number of aromatic nitrogens is 1. The van der Waals surface area contributed by atoms with Gasteiger partial charge in [0, 0.05) is 34.0 Å². The van der Waals surface area contributed by atoms with E-state index in [0.29, 0.717) is 6.42 Å². The second kappa shape index (κ2) is 6.21. The lowest BCUT2D eigenvalue weighted by molar-refractivity contribution is -0.121. The van der Waals surface area contributed by atoms with E-state index in [1.807, 2.05) is 12.1 Å². The van der Waals surface area contributed by atoms with Crippen molar-refractivity contribution in [2.24, 2.45) is 5.84 Å².